The van der Waals surface area contributed by atoms with Gasteiger partial charge in [0.05, 0.1) is 18.8 Å². The minimum Gasteiger partial charge on any atom is -0.394 e. The van der Waals surface area contributed by atoms with E-state index in [0.29, 0.717) is 11.3 Å². The van der Waals surface area contributed by atoms with E-state index in [-0.39, 0.29) is 18.5 Å². The van der Waals surface area contributed by atoms with Crippen LogP contribution in [0.4, 0.5) is 10.1 Å². The van der Waals surface area contributed by atoms with Gasteiger partial charge < -0.3 is 15.1 Å². The summed E-state index contributed by atoms with van der Waals surface area (Å²) in [7, 11) is 0. The number of hydrogen-bond acceptors (Lipinski definition) is 3. The van der Waals surface area contributed by atoms with Gasteiger partial charge in [-0.25, -0.2) is 4.39 Å². The van der Waals surface area contributed by atoms with Gasteiger partial charge in [0.2, 0.25) is 0 Å². The van der Waals surface area contributed by atoms with E-state index in [0.717, 1.165) is 19.4 Å². The molecule has 4 heteroatoms. The molecule has 1 aliphatic rings. The van der Waals surface area contributed by atoms with Gasteiger partial charge in [-0.2, -0.15) is 0 Å². The largest absolute Gasteiger partial charge is 0.394 e. The smallest absolute Gasteiger partial charge is 0.131 e. The zero-order valence-electron chi connectivity index (χ0n) is 9.93. The molecule has 1 saturated heterocycles. The Balaban J connectivity index is 2.40. The average Bonchev–Trinajstić information content (AvgIpc) is 2.75. The molecule has 94 valence electrons. The van der Waals surface area contributed by atoms with Crippen molar-refractivity contribution in [3.8, 4) is 0 Å². The molecule has 3 nitrogen and oxygen atoms in total. The Labute approximate surface area is 100 Å². The third-order valence-corrected chi connectivity index (χ3v) is 3.34. The van der Waals surface area contributed by atoms with Crippen molar-refractivity contribution >= 4 is 5.69 Å². The molecule has 0 radical (unpaired) electrons. The van der Waals surface area contributed by atoms with Crippen LogP contribution in [-0.4, -0.2) is 29.4 Å². The number of rotatable bonds is 3. The van der Waals surface area contributed by atoms with E-state index in [1.807, 2.05) is 4.90 Å². The van der Waals surface area contributed by atoms with Crippen LogP contribution >= 0.6 is 0 Å². The first kappa shape index (κ1) is 12.3. The summed E-state index contributed by atoms with van der Waals surface area (Å²) < 4.78 is 13.7. The molecule has 0 aromatic heterocycles. The summed E-state index contributed by atoms with van der Waals surface area (Å²) in [6.07, 6.45) is 1.05. The molecule has 0 bridgehead atoms. The molecule has 1 heterocycles. The van der Waals surface area contributed by atoms with Crippen LogP contribution in [-0.2, 0) is 0 Å². The molecular formula is C13H18FNO2. The monoisotopic (exact) mass is 239 g/mol. The van der Waals surface area contributed by atoms with Crippen molar-refractivity contribution in [2.45, 2.75) is 31.9 Å². The van der Waals surface area contributed by atoms with Gasteiger partial charge in [-0.05, 0) is 31.9 Å². The van der Waals surface area contributed by atoms with E-state index in [4.69, 9.17) is 0 Å². The lowest BCUT2D eigenvalue weighted by molar-refractivity contribution is 0.194. The van der Waals surface area contributed by atoms with Gasteiger partial charge in [0, 0.05) is 17.8 Å². The minimum atomic E-state index is -0.842. The maximum Gasteiger partial charge on any atom is 0.131 e. The second-order valence-electron chi connectivity index (χ2n) is 4.52. The standard InChI is InChI=1S/C13H18FNO2/c1-9(17)13-11(14)5-2-6-12(13)15-7-3-4-10(15)8-16/h2,5-6,9-10,16-17H,3-4,7-8H2,1H3/t9-,10?/m0/s1. The topological polar surface area (TPSA) is 43.7 Å². The first-order chi connectivity index (χ1) is 8.15. The molecule has 2 rings (SSSR count). The van der Waals surface area contributed by atoms with Crippen molar-refractivity contribution in [3.05, 3.63) is 29.6 Å². The number of halogens is 1. The van der Waals surface area contributed by atoms with Crippen LogP contribution in [0.5, 0.6) is 0 Å². The normalized spacial score (nSPS) is 21.9. The fourth-order valence-corrected chi connectivity index (χ4v) is 2.53. The van der Waals surface area contributed by atoms with Crippen molar-refractivity contribution < 1.29 is 14.6 Å². The first-order valence-electron chi connectivity index (χ1n) is 5.99. The maximum atomic E-state index is 13.7. The number of nitrogens with zero attached hydrogens (tertiary/aromatic N) is 1. The molecule has 1 unspecified atom stereocenters. The van der Waals surface area contributed by atoms with Crippen molar-refractivity contribution in [1.29, 1.82) is 0 Å². The van der Waals surface area contributed by atoms with E-state index < -0.39 is 6.10 Å². The summed E-state index contributed by atoms with van der Waals surface area (Å²) >= 11 is 0. The SMILES string of the molecule is C[C@H](O)c1c(F)cccc1N1CCCC1CO. The van der Waals surface area contributed by atoms with E-state index in [1.165, 1.54) is 6.07 Å². The van der Waals surface area contributed by atoms with Crippen LogP contribution in [0.1, 0.15) is 31.4 Å². The summed E-state index contributed by atoms with van der Waals surface area (Å²) in [5, 5.41) is 19.0. The molecule has 0 amide bonds. The summed E-state index contributed by atoms with van der Waals surface area (Å²) in [5.74, 6) is -0.388. The molecule has 1 fully saturated rings. The summed E-state index contributed by atoms with van der Waals surface area (Å²) in [4.78, 5) is 1.99. The molecular weight excluding hydrogens is 221 g/mol. The van der Waals surface area contributed by atoms with Crippen molar-refractivity contribution in [2.24, 2.45) is 0 Å². The zero-order chi connectivity index (χ0) is 12.4. The Bertz CT molecular complexity index is 395. The van der Waals surface area contributed by atoms with Gasteiger partial charge in [0.15, 0.2) is 0 Å². The van der Waals surface area contributed by atoms with Crippen LogP contribution in [0, 0.1) is 5.82 Å². The van der Waals surface area contributed by atoms with E-state index in [9.17, 15) is 14.6 Å². The van der Waals surface area contributed by atoms with Gasteiger partial charge in [-0.3, -0.25) is 0 Å². The molecule has 0 spiro atoms. The second-order valence-corrected chi connectivity index (χ2v) is 4.52. The lowest BCUT2D eigenvalue weighted by Crippen LogP contribution is -2.33. The maximum absolute atomic E-state index is 13.7. The van der Waals surface area contributed by atoms with E-state index >= 15 is 0 Å². The minimum absolute atomic E-state index is 0.0364. The molecule has 1 aliphatic heterocycles. The van der Waals surface area contributed by atoms with Crippen LogP contribution in [0.3, 0.4) is 0 Å². The zero-order valence-corrected chi connectivity index (χ0v) is 9.93. The van der Waals surface area contributed by atoms with Gasteiger partial charge >= 0.3 is 0 Å². The third-order valence-electron chi connectivity index (χ3n) is 3.34. The second kappa shape index (κ2) is 5.02. The fraction of sp³-hybridized carbons (Fsp3) is 0.538. The van der Waals surface area contributed by atoms with Crippen LogP contribution < -0.4 is 4.90 Å². The van der Waals surface area contributed by atoms with Crippen molar-refractivity contribution in [2.75, 3.05) is 18.1 Å². The number of aliphatic hydroxyl groups excluding tert-OH is 2. The molecule has 1 aromatic rings. The quantitative estimate of drug-likeness (QED) is 0.846. The number of aliphatic hydroxyl groups is 2. The fourth-order valence-electron chi connectivity index (χ4n) is 2.53. The lowest BCUT2D eigenvalue weighted by atomic mass is 10.1. The number of anilines is 1. The lowest BCUT2D eigenvalue weighted by Gasteiger charge is -2.28. The Hall–Kier alpha value is -1.13. The van der Waals surface area contributed by atoms with E-state index in [1.54, 1.807) is 19.1 Å². The molecule has 0 saturated carbocycles. The highest BCUT2D eigenvalue weighted by Gasteiger charge is 2.27. The van der Waals surface area contributed by atoms with Gasteiger partial charge in [0.1, 0.15) is 5.82 Å². The Morgan fingerprint density at radius 3 is 2.94 bits per heavy atom. The summed E-state index contributed by atoms with van der Waals surface area (Å²) in [6, 6.07) is 4.84. The van der Waals surface area contributed by atoms with Crippen LogP contribution in [0.15, 0.2) is 18.2 Å². The third kappa shape index (κ3) is 2.28. The highest BCUT2D eigenvalue weighted by molar-refractivity contribution is 5.56. The van der Waals surface area contributed by atoms with Gasteiger partial charge in [0.25, 0.3) is 0 Å². The molecule has 1 aromatic carbocycles. The summed E-state index contributed by atoms with van der Waals surface area (Å²) in [5.41, 5.74) is 1.03. The van der Waals surface area contributed by atoms with Crippen LogP contribution in [0.25, 0.3) is 0 Å². The van der Waals surface area contributed by atoms with Crippen LogP contribution in [0.2, 0.25) is 0 Å². The van der Waals surface area contributed by atoms with Crippen molar-refractivity contribution in [1.82, 2.24) is 0 Å². The number of hydrogen-bond donors (Lipinski definition) is 2. The Kier molecular flexibility index (Phi) is 3.64. The first-order valence-corrected chi connectivity index (χ1v) is 5.99. The Morgan fingerprint density at radius 1 is 1.53 bits per heavy atom. The van der Waals surface area contributed by atoms with Crippen molar-refractivity contribution in [3.63, 3.8) is 0 Å². The summed E-state index contributed by atoms with van der Waals surface area (Å²) in [6.45, 7) is 2.43. The van der Waals surface area contributed by atoms with Gasteiger partial charge in [-0.1, -0.05) is 6.07 Å². The van der Waals surface area contributed by atoms with Gasteiger partial charge in [-0.15, -0.1) is 0 Å². The molecule has 2 N–H and O–H groups in total. The highest BCUT2D eigenvalue weighted by Crippen LogP contribution is 2.33. The van der Waals surface area contributed by atoms with E-state index in [2.05, 4.69) is 0 Å². The highest BCUT2D eigenvalue weighted by atomic mass is 19.1. The predicted octanol–water partition coefficient (Wildman–Crippen LogP) is 1.84. The molecule has 17 heavy (non-hydrogen) atoms. The average molecular weight is 239 g/mol. The molecule has 2 atom stereocenters. The molecule has 0 aliphatic carbocycles. The number of benzene rings is 1. The predicted molar refractivity (Wildman–Crippen MR) is 64.5 cm³/mol. The Morgan fingerprint density at radius 2 is 2.29 bits per heavy atom.